The Bertz CT molecular complexity index is 1150. The number of anilines is 3. The molecule has 3 aromatic carbocycles. The van der Waals surface area contributed by atoms with Crippen molar-refractivity contribution in [3.05, 3.63) is 87.9 Å². The topological polar surface area (TPSA) is 46.6 Å². The van der Waals surface area contributed by atoms with Crippen molar-refractivity contribution < 1.29 is 19.6 Å². The molecule has 10 heteroatoms. The fraction of sp³-hybridized carbons (Fsp3) is 0.357. The van der Waals surface area contributed by atoms with Crippen molar-refractivity contribution in [3.63, 3.8) is 0 Å². The van der Waals surface area contributed by atoms with Gasteiger partial charge in [0.15, 0.2) is 13.5 Å². The van der Waals surface area contributed by atoms with Crippen molar-refractivity contribution in [2.75, 3.05) is 41.5 Å². The molecule has 0 unspecified atom stereocenters. The van der Waals surface area contributed by atoms with Gasteiger partial charge in [0, 0.05) is 45.0 Å². The lowest BCUT2D eigenvalue weighted by atomic mass is 9.94. The van der Waals surface area contributed by atoms with E-state index in [1.54, 1.807) is 0 Å². The minimum absolute atomic E-state index is 0.139. The SMILES string of the molecule is Clc1cccc(N2COOC3(CCCCC3)OOCN(c3cccc(Cl)c3)CN(c3cccc(Cl)c3)C2)c1. The van der Waals surface area contributed by atoms with Crippen LogP contribution in [0.5, 0.6) is 0 Å². The van der Waals surface area contributed by atoms with Gasteiger partial charge in [-0.25, -0.2) is 9.78 Å². The molecule has 0 amide bonds. The van der Waals surface area contributed by atoms with E-state index in [1.165, 1.54) is 0 Å². The smallest absolute Gasteiger partial charge is 0.234 e. The highest BCUT2D eigenvalue weighted by molar-refractivity contribution is 6.31. The van der Waals surface area contributed by atoms with E-state index in [4.69, 9.17) is 54.4 Å². The van der Waals surface area contributed by atoms with Crippen LogP contribution in [0.3, 0.4) is 0 Å². The molecule has 0 aromatic heterocycles. The van der Waals surface area contributed by atoms with Gasteiger partial charge in [-0.05, 0) is 67.4 Å². The van der Waals surface area contributed by atoms with Crippen LogP contribution in [-0.2, 0) is 19.6 Å². The van der Waals surface area contributed by atoms with Crippen LogP contribution in [0.2, 0.25) is 15.1 Å². The summed E-state index contributed by atoms with van der Waals surface area (Å²) in [6.45, 7) is 1.16. The van der Waals surface area contributed by atoms with Crippen molar-refractivity contribution in [1.82, 2.24) is 0 Å². The van der Waals surface area contributed by atoms with E-state index in [0.717, 1.165) is 36.3 Å². The lowest BCUT2D eigenvalue weighted by Gasteiger charge is -2.40. The Labute approximate surface area is 238 Å². The van der Waals surface area contributed by atoms with Gasteiger partial charge in [0.05, 0.1) is 13.3 Å². The summed E-state index contributed by atoms with van der Waals surface area (Å²) in [6, 6.07) is 23.0. The predicted octanol–water partition coefficient (Wildman–Crippen LogP) is 7.87. The Hall–Kier alpha value is -2.23. The van der Waals surface area contributed by atoms with E-state index < -0.39 is 5.79 Å². The normalized spacial score (nSPS) is 19.2. The molecular weight excluding hydrogens is 549 g/mol. The molecule has 1 heterocycles. The first kappa shape index (κ1) is 27.3. The van der Waals surface area contributed by atoms with Gasteiger partial charge in [-0.1, -0.05) is 59.4 Å². The fourth-order valence-electron chi connectivity index (χ4n) is 4.70. The van der Waals surface area contributed by atoms with Crippen molar-refractivity contribution in [2.45, 2.75) is 37.9 Å². The van der Waals surface area contributed by atoms with Crippen LogP contribution in [0.1, 0.15) is 32.1 Å². The molecule has 1 aliphatic carbocycles. The second kappa shape index (κ2) is 12.7. The first-order chi connectivity index (χ1) is 18.5. The molecule has 1 saturated carbocycles. The van der Waals surface area contributed by atoms with Crippen molar-refractivity contribution >= 4 is 51.9 Å². The molecule has 1 saturated heterocycles. The number of hydrogen-bond donors (Lipinski definition) is 0. The number of hydrogen-bond acceptors (Lipinski definition) is 7. The van der Waals surface area contributed by atoms with Crippen LogP contribution in [0.25, 0.3) is 0 Å². The largest absolute Gasteiger partial charge is 0.336 e. The molecule has 5 rings (SSSR count). The van der Waals surface area contributed by atoms with Crippen molar-refractivity contribution in [2.24, 2.45) is 0 Å². The molecule has 0 atom stereocenters. The Morgan fingerprint density at radius 1 is 0.553 bits per heavy atom. The highest BCUT2D eigenvalue weighted by Crippen LogP contribution is 2.34. The maximum absolute atomic E-state index is 6.40. The number of nitrogens with zero attached hydrogens (tertiary/aromatic N) is 3. The van der Waals surface area contributed by atoms with Crippen LogP contribution in [0.4, 0.5) is 17.1 Å². The summed E-state index contributed by atoms with van der Waals surface area (Å²) >= 11 is 19.1. The van der Waals surface area contributed by atoms with Gasteiger partial charge >= 0.3 is 0 Å². The lowest BCUT2D eigenvalue weighted by molar-refractivity contribution is -0.516. The molecule has 202 valence electrons. The highest BCUT2D eigenvalue weighted by atomic mass is 35.5. The third-order valence-corrected chi connectivity index (χ3v) is 7.36. The average Bonchev–Trinajstić information content (AvgIpc) is 2.91. The van der Waals surface area contributed by atoms with E-state index >= 15 is 0 Å². The fourth-order valence-corrected chi connectivity index (χ4v) is 5.25. The molecular formula is C28H30Cl3N3O4. The molecule has 1 spiro atoms. The summed E-state index contributed by atoms with van der Waals surface area (Å²) in [4.78, 5) is 29.8. The summed E-state index contributed by atoms with van der Waals surface area (Å²) < 4.78 is 0. The number of rotatable bonds is 3. The third kappa shape index (κ3) is 7.04. The Balaban J connectivity index is 1.52. The lowest BCUT2D eigenvalue weighted by Crippen LogP contribution is -2.48. The first-order valence-electron chi connectivity index (χ1n) is 12.6. The van der Waals surface area contributed by atoms with Crippen molar-refractivity contribution in [1.29, 1.82) is 0 Å². The summed E-state index contributed by atoms with van der Waals surface area (Å²) in [5.41, 5.74) is 2.68. The molecule has 3 aromatic rings. The van der Waals surface area contributed by atoms with Gasteiger partial charge < -0.3 is 14.7 Å². The zero-order valence-corrected chi connectivity index (χ0v) is 23.2. The van der Waals surface area contributed by atoms with Gasteiger partial charge in [0.2, 0.25) is 5.79 Å². The second-order valence-electron chi connectivity index (χ2n) is 9.47. The Morgan fingerprint density at radius 3 is 1.39 bits per heavy atom. The molecule has 0 radical (unpaired) electrons. The summed E-state index contributed by atoms with van der Waals surface area (Å²) in [6.07, 6.45) is 4.40. The van der Waals surface area contributed by atoms with Crippen LogP contribution in [-0.4, -0.2) is 32.6 Å². The third-order valence-electron chi connectivity index (χ3n) is 6.66. The molecule has 7 nitrogen and oxygen atoms in total. The number of halogens is 3. The van der Waals surface area contributed by atoms with Gasteiger partial charge in [-0.3, -0.25) is 0 Å². The average molecular weight is 579 g/mol. The molecule has 0 bridgehead atoms. The summed E-state index contributed by atoms with van der Waals surface area (Å²) in [5.74, 6) is -0.968. The first-order valence-corrected chi connectivity index (χ1v) is 13.8. The molecule has 1 aliphatic heterocycles. The van der Waals surface area contributed by atoms with Gasteiger partial charge in [0.1, 0.15) is 0 Å². The van der Waals surface area contributed by atoms with Gasteiger partial charge in [0.25, 0.3) is 0 Å². The van der Waals surface area contributed by atoms with Gasteiger partial charge in [-0.15, -0.1) is 0 Å². The van der Waals surface area contributed by atoms with E-state index in [2.05, 4.69) is 4.90 Å². The zero-order valence-electron chi connectivity index (χ0n) is 20.9. The van der Waals surface area contributed by atoms with Crippen LogP contribution in [0, 0.1) is 0 Å². The quantitative estimate of drug-likeness (QED) is 0.293. The molecule has 0 N–H and O–H groups in total. The van der Waals surface area contributed by atoms with Gasteiger partial charge in [-0.2, -0.15) is 9.78 Å². The van der Waals surface area contributed by atoms with E-state index in [-0.39, 0.29) is 13.5 Å². The zero-order chi connectivity index (χ0) is 26.4. The second-order valence-corrected chi connectivity index (χ2v) is 10.8. The minimum atomic E-state index is -0.968. The maximum Gasteiger partial charge on any atom is 0.234 e. The Kier molecular flexibility index (Phi) is 9.17. The van der Waals surface area contributed by atoms with Crippen molar-refractivity contribution in [3.8, 4) is 0 Å². The van der Waals surface area contributed by atoms with Crippen LogP contribution in [0.15, 0.2) is 72.8 Å². The standard InChI is InChI=1S/C28H30Cl3N3O4/c29-22-7-4-10-25(15-22)32-18-33(26-11-5-8-23(30)16-26)20-35-37-28(13-2-1-3-14-28)38-36-21-34(19-32)27-12-6-9-24(31)17-27/h4-12,15-17H,1-3,13-14,18-21H2. The van der Waals surface area contributed by atoms with Crippen LogP contribution < -0.4 is 14.7 Å². The molecule has 38 heavy (non-hydrogen) atoms. The molecule has 2 fully saturated rings. The molecule has 2 aliphatic rings. The monoisotopic (exact) mass is 577 g/mol. The summed E-state index contributed by atoms with van der Waals surface area (Å²) in [5, 5.41) is 1.89. The maximum atomic E-state index is 6.40. The van der Waals surface area contributed by atoms with E-state index in [9.17, 15) is 0 Å². The number of benzene rings is 3. The highest BCUT2D eigenvalue weighted by Gasteiger charge is 2.38. The minimum Gasteiger partial charge on any atom is -0.336 e. The Morgan fingerprint density at radius 2 is 0.974 bits per heavy atom. The predicted molar refractivity (Wildman–Crippen MR) is 151 cm³/mol. The van der Waals surface area contributed by atoms with E-state index in [0.29, 0.717) is 41.2 Å². The van der Waals surface area contributed by atoms with E-state index in [1.807, 2.05) is 82.6 Å². The summed E-state index contributed by atoms with van der Waals surface area (Å²) in [7, 11) is 0. The van der Waals surface area contributed by atoms with Crippen LogP contribution >= 0.6 is 34.8 Å².